The average Bonchev–Trinajstić information content (AvgIpc) is 2.29. The normalized spacial score (nSPS) is 19.1. The molecule has 80 valence electrons. The van der Waals surface area contributed by atoms with Crippen LogP contribution in [0.4, 0.5) is 4.79 Å². The maximum absolute atomic E-state index is 11.0. The lowest BCUT2D eigenvalue weighted by molar-refractivity contribution is 0.239. The summed E-state index contributed by atoms with van der Waals surface area (Å²) in [6, 6.07) is 8.68. The molecule has 0 bridgehead atoms. The van der Waals surface area contributed by atoms with Crippen molar-refractivity contribution in [1.82, 2.24) is 10.7 Å². The van der Waals surface area contributed by atoms with Crippen LogP contribution >= 0.6 is 0 Å². The zero-order chi connectivity index (χ0) is 11.5. The Kier molecular flexibility index (Phi) is 2.56. The Morgan fingerprint density at radius 2 is 2.06 bits per heavy atom. The predicted molar refractivity (Wildman–Crippen MR) is 58.8 cm³/mol. The summed E-state index contributed by atoms with van der Waals surface area (Å²) in [6.07, 6.45) is 0. The van der Waals surface area contributed by atoms with E-state index >= 15 is 0 Å². The predicted octanol–water partition coefficient (Wildman–Crippen LogP) is 0.964. The lowest BCUT2D eigenvalue weighted by atomic mass is 10.0. The van der Waals surface area contributed by atoms with E-state index in [2.05, 4.69) is 21.9 Å². The molecule has 0 aromatic heterocycles. The summed E-state index contributed by atoms with van der Waals surface area (Å²) in [5, 5.41) is 15.4. The number of carbonyl (C=O) groups is 1. The molecule has 0 aliphatic carbocycles. The molecule has 1 aromatic carbocycles. The molecule has 1 unspecified atom stereocenters. The second kappa shape index (κ2) is 4.03. The molecule has 0 saturated heterocycles. The Bertz CT molecular complexity index is 484. The van der Waals surface area contributed by atoms with E-state index in [1.165, 1.54) is 0 Å². The minimum atomic E-state index is -0.301. The van der Waals surface area contributed by atoms with Gasteiger partial charge in [-0.3, -0.25) is 0 Å². The number of urea groups is 1. The third kappa shape index (κ3) is 1.86. The number of hydrogen-bond donors (Lipinski definition) is 2. The monoisotopic (exact) mass is 214 g/mol. The fourth-order valence-corrected chi connectivity index (χ4v) is 1.54. The maximum Gasteiger partial charge on any atom is 0.335 e. The van der Waals surface area contributed by atoms with Gasteiger partial charge in [-0.1, -0.05) is 12.1 Å². The van der Waals surface area contributed by atoms with Crippen molar-refractivity contribution < 1.29 is 4.79 Å². The quantitative estimate of drug-likeness (QED) is 0.730. The number of hydrogen-bond acceptors (Lipinski definition) is 3. The Balaban J connectivity index is 2.30. The van der Waals surface area contributed by atoms with Crippen molar-refractivity contribution in [2.24, 2.45) is 5.10 Å². The molecule has 5 nitrogen and oxygen atoms in total. The van der Waals surface area contributed by atoms with Crippen molar-refractivity contribution in [3.05, 3.63) is 35.4 Å². The van der Waals surface area contributed by atoms with Gasteiger partial charge in [0.1, 0.15) is 0 Å². The molecule has 16 heavy (non-hydrogen) atoms. The molecular formula is C11H10N4O. The number of nitriles is 1. The molecule has 5 heteroatoms. The van der Waals surface area contributed by atoms with Gasteiger partial charge in [0, 0.05) is 0 Å². The van der Waals surface area contributed by atoms with E-state index in [-0.39, 0.29) is 12.1 Å². The summed E-state index contributed by atoms with van der Waals surface area (Å²) in [5.74, 6) is 0. The highest BCUT2D eigenvalue weighted by Crippen LogP contribution is 2.09. The molecule has 2 N–H and O–H groups in total. The van der Waals surface area contributed by atoms with Crippen LogP contribution in [-0.2, 0) is 0 Å². The Morgan fingerprint density at radius 1 is 1.38 bits per heavy atom. The SMILES string of the molecule is CC1NC(=O)NN=C1c1ccc(C#N)cc1. The fraction of sp³-hybridized carbons (Fsp3) is 0.182. The number of carbonyl (C=O) groups excluding carboxylic acids is 1. The summed E-state index contributed by atoms with van der Waals surface area (Å²) in [7, 11) is 0. The lowest BCUT2D eigenvalue weighted by Gasteiger charge is -2.21. The first kappa shape index (κ1) is 10.2. The first-order valence-corrected chi connectivity index (χ1v) is 4.85. The van der Waals surface area contributed by atoms with Crippen LogP contribution in [0.1, 0.15) is 18.1 Å². The molecular weight excluding hydrogens is 204 g/mol. The first-order chi connectivity index (χ1) is 7.70. The smallest absolute Gasteiger partial charge is 0.328 e. The first-order valence-electron chi connectivity index (χ1n) is 4.85. The highest BCUT2D eigenvalue weighted by atomic mass is 16.2. The number of hydrazone groups is 1. The second-order valence-electron chi connectivity index (χ2n) is 3.49. The van der Waals surface area contributed by atoms with E-state index in [1.807, 2.05) is 19.1 Å². The molecule has 1 aliphatic rings. The van der Waals surface area contributed by atoms with E-state index in [0.29, 0.717) is 5.56 Å². The van der Waals surface area contributed by atoms with E-state index in [1.54, 1.807) is 12.1 Å². The highest BCUT2D eigenvalue weighted by molar-refractivity contribution is 6.07. The summed E-state index contributed by atoms with van der Waals surface area (Å²) in [5.41, 5.74) is 4.61. The number of rotatable bonds is 1. The maximum atomic E-state index is 11.0. The summed E-state index contributed by atoms with van der Waals surface area (Å²) in [4.78, 5) is 11.0. The van der Waals surface area contributed by atoms with Crippen LogP contribution in [0.15, 0.2) is 29.4 Å². The van der Waals surface area contributed by atoms with Gasteiger partial charge in [-0.25, -0.2) is 10.2 Å². The van der Waals surface area contributed by atoms with Crippen molar-refractivity contribution >= 4 is 11.7 Å². The van der Waals surface area contributed by atoms with Gasteiger partial charge in [-0.15, -0.1) is 0 Å². The topological polar surface area (TPSA) is 77.3 Å². The van der Waals surface area contributed by atoms with Gasteiger partial charge in [0.25, 0.3) is 0 Å². The number of nitrogens with one attached hydrogen (secondary N) is 2. The van der Waals surface area contributed by atoms with Crippen molar-refractivity contribution in [2.45, 2.75) is 13.0 Å². The molecule has 1 aromatic rings. The Morgan fingerprint density at radius 3 is 2.62 bits per heavy atom. The van der Waals surface area contributed by atoms with Crippen LogP contribution in [0, 0.1) is 11.3 Å². The van der Waals surface area contributed by atoms with Gasteiger partial charge >= 0.3 is 6.03 Å². The number of nitrogens with zero attached hydrogens (tertiary/aromatic N) is 2. The zero-order valence-electron chi connectivity index (χ0n) is 8.69. The van der Waals surface area contributed by atoms with Gasteiger partial charge in [0.15, 0.2) is 0 Å². The molecule has 1 atom stereocenters. The zero-order valence-corrected chi connectivity index (χ0v) is 8.69. The fourth-order valence-electron chi connectivity index (χ4n) is 1.54. The molecule has 2 rings (SSSR count). The Labute approximate surface area is 92.8 Å². The van der Waals surface area contributed by atoms with E-state index in [4.69, 9.17) is 5.26 Å². The summed E-state index contributed by atoms with van der Waals surface area (Å²) >= 11 is 0. The van der Waals surface area contributed by atoms with Gasteiger partial charge < -0.3 is 5.32 Å². The average molecular weight is 214 g/mol. The van der Waals surface area contributed by atoms with Crippen molar-refractivity contribution in [2.75, 3.05) is 0 Å². The molecule has 0 spiro atoms. The van der Waals surface area contributed by atoms with Gasteiger partial charge in [-0.05, 0) is 24.6 Å². The van der Waals surface area contributed by atoms with Crippen LogP contribution in [0.2, 0.25) is 0 Å². The largest absolute Gasteiger partial charge is 0.335 e. The van der Waals surface area contributed by atoms with Crippen molar-refractivity contribution in [1.29, 1.82) is 5.26 Å². The molecule has 1 aliphatic heterocycles. The second-order valence-corrected chi connectivity index (χ2v) is 3.49. The number of amides is 2. The summed E-state index contributed by atoms with van der Waals surface area (Å²) < 4.78 is 0. The molecule has 2 amide bonds. The van der Waals surface area contributed by atoms with Crippen LogP contribution in [-0.4, -0.2) is 17.8 Å². The Hall–Kier alpha value is -2.35. The van der Waals surface area contributed by atoms with Gasteiger partial charge in [0.2, 0.25) is 0 Å². The van der Waals surface area contributed by atoms with Crippen molar-refractivity contribution in [3.63, 3.8) is 0 Å². The van der Waals surface area contributed by atoms with Crippen LogP contribution < -0.4 is 10.7 Å². The standard InChI is InChI=1S/C11H10N4O/c1-7-10(14-15-11(16)13-7)9-4-2-8(6-12)3-5-9/h2-5,7H,1H3,(H2,13,15,16). The molecule has 0 fully saturated rings. The van der Waals surface area contributed by atoms with Crippen LogP contribution in [0.5, 0.6) is 0 Å². The van der Waals surface area contributed by atoms with Crippen molar-refractivity contribution in [3.8, 4) is 6.07 Å². The minimum absolute atomic E-state index is 0.137. The number of benzene rings is 1. The molecule has 0 saturated carbocycles. The van der Waals surface area contributed by atoms with Crippen LogP contribution in [0.3, 0.4) is 0 Å². The minimum Gasteiger partial charge on any atom is -0.328 e. The molecule has 1 heterocycles. The molecule has 0 radical (unpaired) electrons. The van der Waals surface area contributed by atoms with E-state index in [0.717, 1.165) is 11.3 Å². The van der Waals surface area contributed by atoms with Gasteiger partial charge in [-0.2, -0.15) is 10.4 Å². The third-order valence-electron chi connectivity index (χ3n) is 2.35. The summed E-state index contributed by atoms with van der Waals surface area (Å²) in [6.45, 7) is 1.86. The highest BCUT2D eigenvalue weighted by Gasteiger charge is 2.19. The van der Waals surface area contributed by atoms with Gasteiger partial charge in [0.05, 0.1) is 23.4 Å². The van der Waals surface area contributed by atoms with E-state index < -0.39 is 0 Å². The lowest BCUT2D eigenvalue weighted by Crippen LogP contribution is -2.48. The third-order valence-corrected chi connectivity index (χ3v) is 2.35. The van der Waals surface area contributed by atoms with E-state index in [9.17, 15) is 4.79 Å². The van der Waals surface area contributed by atoms with Crippen LogP contribution in [0.25, 0.3) is 0 Å².